The topological polar surface area (TPSA) is 108 Å². The van der Waals surface area contributed by atoms with E-state index in [9.17, 15) is 19.5 Å². The van der Waals surface area contributed by atoms with Crippen molar-refractivity contribution in [3.05, 3.63) is 95.6 Å². The number of carboxylic acids is 1. The van der Waals surface area contributed by atoms with Gasteiger partial charge in [-0.25, -0.2) is 4.79 Å². The van der Waals surface area contributed by atoms with Gasteiger partial charge in [0.05, 0.1) is 12.0 Å². The van der Waals surface area contributed by atoms with Crippen molar-refractivity contribution in [2.75, 3.05) is 19.7 Å². The van der Waals surface area contributed by atoms with E-state index in [-0.39, 0.29) is 24.9 Å². The first kappa shape index (κ1) is 26.1. The molecule has 1 heterocycles. The van der Waals surface area contributed by atoms with E-state index in [4.69, 9.17) is 4.74 Å². The van der Waals surface area contributed by atoms with Gasteiger partial charge in [0.2, 0.25) is 5.91 Å². The van der Waals surface area contributed by atoms with Crippen molar-refractivity contribution in [3.63, 3.8) is 0 Å². The third kappa shape index (κ3) is 5.19. The van der Waals surface area contributed by atoms with Gasteiger partial charge in [-0.1, -0.05) is 78.9 Å². The molecule has 40 heavy (non-hydrogen) atoms. The zero-order valence-electron chi connectivity index (χ0n) is 22.3. The second-order valence-electron chi connectivity index (χ2n) is 11.3. The highest BCUT2D eigenvalue weighted by atomic mass is 16.5. The first-order valence-electron chi connectivity index (χ1n) is 13.8. The maximum atomic E-state index is 13.7. The minimum Gasteiger partial charge on any atom is -0.481 e. The van der Waals surface area contributed by atoms with Gasteiger partial charge in [-0.15, -0.1) is 0 Å². The number of hydrogen-bond acceptors (Lipinski definition) is 5. The summed E-state index contributed by atoms with van der Waals surface area (Å²) in [4.78, 5) is 40.6. The number of carboxylic acid groups (broad SMARTS) is 1. The molecule has 1 unspecified atom stereocenters. The molecule has 6 rings (SSSR count). The van der Waals surface area contributed by atoms with Crippen molar-refractivity contribution in [3.8, 4) is 11.1 Å². The van der Waals surface area contributed by atoms with Gasteiger partial charge in [0.25, 0.3) is 0 Å². The Morgan fingerprint density at radius 1 is 0.850 bits per heavy atom. The van der Waals surface area contributed by atoms with Crippen LogP contribution in [0.15, 0.2) is 78.9 Å². The molecule has 3 aromatic carbocycles. The van der Waals surface area contributed by atoms with Crippen molar-refractivity contribution < 1.29 is 24.2 Å². The summed E-state index contributed by atoms with van der Waals surface area (Å²) in [6.07, 6.45) is 0.841. The van der Waals surface area contributed by atoms with Crippen molar-refractivity contribution in [1.29, 1.82) is 0 Å². The molecular weight excluding hydrogens is 506 g/mol. The predicted molar refractivity (Wildman–Crippen MR) is 150 cm³/mol. The number of benzene rings is 3. The molecular formula is C32H33N3O5. The van der Waals surface area contributed by atoms with Gasteiger partial charge >= 0.3 is 12.1 Å². The number of carbonyl (C=O) groups is 3. The lowest BCUT2D eigenvalue weighted by atomic mass is 9.96. The third-order valence-electron chi connectivity index (χ3n) is 8.44. The molecule has 2 fully saturated rings. The maximum Gasteiger partial charge on any atom is 0.408 e. The van der Waals surface area contributed by atoms with Gasteiger partial charge < -0.3 is 20.5 Å². The number of fused-ring (bicyclic) bond motifs is 3. The van der Waals surface area contributed by atoms with Crippen molar-refractivity contribution in [2.45, 2.75) is 49.2 Å². The predicted octanol–water partition coefficient (Wildman–Crippen LogP) is 4.29. The second-order valence-corrected chi connectivity index (χ2v) is 11.3. The molecule has 0 radical (unpaired) electrons. The SMILES string of the molecule is O=C(O)CC1(NC(=O)C2(NC(=O)OCC3c4ccccc4-c4ccccc43)CCN(Cc3ccccc3)C2)CC1. The Labute approximate surface area is 233 Å². The fourth-order valence-electron chi connectivity index (χ4n) is 6.19. The van der Waals surface area contributed by atoms with Gasteiger partial charge in [-0.05, 0) is 47.1 Å². The van der Waals surface area contributed by atoms with Crippen LogP contribution in [0.2, 0.25) is 0 Å². The highest BCUT2D eigenvalue weighted by molar-refractivity contribution is 5.92. The number of alkyl carbamates (subject to hydrolysis) is 1. The third-order valence-corrected chi connectivity index (χ3v) is 8.44. The Bertz CT molecular complexity index is 1390. The molecule has 8 nitrogen and oxygen atoms in total. The fourth-order valence-corrected chi connectivity index (χ4v) is 6.19. The molecule has 3 aliphatic rings. The average Bonchev–Trinajstić information content (AvgIpc) is 3.44. The first-order valence-corrected chi connectivity index (χ1v) is 13.8. The smallest absolute Gasteiger partial charge is 0.408 e. The molecule has 0 aromatic heterocycles. The highest BCUT2D eigenvalue weighted by Gasteiger charge is 2.52. The number of nitrogens with zero attached hydrogens (tertiary/aromatic N) is 1. The van der Waals surface area contributed by atoms with Gasteiger partial charge in [0.15, 0.2) is 0 Å². The van der Waals surface area contributed by atoms with Crippen LogP contribution in [-0.2, 0) is 20.9 Å². The molecule has 0 spiro atoms. The lowest BCUT2D eigenvalue weighted by molar-refractivity contribution is -0.138. The van der Waals surface area contributed by atoms with Gasteiger partial charge in [-0.2, -0.15) is 0 Å². The summed E-state index contributed by atoms with van der Waals surface area (Å²) in [6.45, 7) is 1.70. The van der Waals surface area contributed by atoms with Gasteiger partial charge in [-0.3, -0.25) is 14.5 Å². The summed E-state index contributed by atoms with van der Waals surface area (Å²) >= 11 is 0. The Hall–Kier alpha value is -4.17. The Balaban J connectivity index is 1.18. The minimum atomic E-state index is -1.22. The van der Waals surface area contributed by atoms with Crippen LogP contribution >= 0.6 is 0 Å². The monoisotopic (exact) mass is 539 g/mol. The number of rotatable bonds is 9. The lowest BCUT2D eigenvalue weighted by Gasteiger charge is -2.31. The number of carbonyl (C=O) groups excluding carboxylic acids is 2. The molecule has 1 aliphatic heterocycles. The van der Waals surface area contributed by atoms with Gasteiger partial charge in [0.1, 0.15) is 12.1 Å². The normalized spacial score (nSPS) is 20.8. The van der Waals surface area contributed by atoms with E-state index >= 15 is 0 Å². The average molecular weight is 540 g/mol. The molecule has 1 atom stereocenters. The van der Waals surface area contributed by atoms with Gasteiger partial charge in [0, 0.05) is 25.6 Å². The summed E-state index contributed by atoms with van der Waals surface area (Å²) in [7, 11) is 0. The number of likely N-dealkylation sites (tertiary alicyclic amines) is 1. The zero-order chi connectivity index (χ0) is 27.7. The van der Waals surface area contributed by atoms with Crippen LogP contribution in [0.4, 0.5) is 4.79 Å². The van der Waals surface area contributed by atoms with Crippen LogP contribution in [-0.4, -0.2) is 58.8 Å². The van der Waals surface area contributed by atoms with Crippen LogP contribution < -0.4 is 10.6 Å². The zero-order valence-corrected chi connectivity index (χ0v) is 22.3. The minimum absolute atomic E-state index is 0.0913. The Morgan fingerprint density at radius 3 is 2.10 bits per heavy atom. The largest absolute Gasteiger partial charge is 0.481 e. The Kier molecular flexibility index (Phi) is 6.80. The molecule has 1 saturated carbocycles. The second kappa shape index (κ2) is 10.4. The summed E-state index contributed by atoms with van der Waals surface area (Å²) < 4.78 is 5.80. The number of hydrogen-bond donors (Lipinski definition) is 3. The summed E-state index contributed by atoms with van der Waals surface area (Å²) in [6, 6.07) is 26.3. The number of nitrogens with one attached hydrogen (secondary N) is 2. The standard InChI is InChI=1S/C32H33N3O5/c36-28(37)18-31(14-15-31)33-29(38)32(16-17-35(21-32)19-22-8-2-1-3-9-22)34-30(39)40-20-27-25-12-6-4-10-23(25)24-11-5-7-13-26(24)27/h1-13,27H,14-21H2,(H,33,38)(H,34,39)(H,36,37). The van der Waals surface area contributed by atoms with Crippen LogP contribution in [0.5, 0.6) is 0 Å². The maximum absolute atomic E-state index is 13.7. The van der Waals surface area contributed by atoms with Crippen molar-refractivity contribution in [1.82, 2.24) is 15.5 Å². The summed E-state index contributed by atoms with van der Waals surface area (Å²) in [5, 5.41) is 15.2. The van der Waals surface area contributed by atoms with E-state index in [0.717, 1.165) is 27.8 Å². The van der Waals surface area contributed by atoms with E-state index in [1.807, 2.05) is 54.6 Å². The quantitative estimate of drug-likeness (QED) is 0.374. The van der Waals surface area contributed by atoms with E-state index in [1.165, 1.54) is 0 Å². The molecule has 2 aliphatic carbocycles. The molecule has 0 bridgehead atoms. The number of ether oxygens (including phenoxy) is 1. The lowest BCUT2D eigenvalue weighted by Crippen LogP contribution is -2.62. The molecule has 3 N–H and O–H groups in total. The summed E-state index contributed by atoms with van der Waals surface area (Å²) in [5.41, 5.74) is 3.67. The fraction of sp³-hybridized carbons (Fsp3) is 0.344. The molecule has 206 valence electrons. The van der Waals surface area contributed by atoms with Crippen LogP contribution in [0.25, 0.3) is 11.1 Å². The first-order chi connectivity index (χ1) is 19.4. The highest BCUT2D eigenvalue weighted by Crippen LogP contribution is 2.44. The molecule has 3 aromatic rings. The number of aliphatic carboxylic acids is 1. The molecule has 8 heteroatoms. The number of amides is 2. The van der Waals surface area contributed by atoms with Crippen LogP contribution in [0.1, 0.15) is 48.3 Å². The van der Waals surface area contributed by atoms with Crippen molar-refractivity contribution >= 4 is 18.0 Å². The molecule has 1 saturated heterocycles. The van der Waals surface area contributed by atoms with E-state index in [2.05, 4.69) is 39.8 Å². The van der Waals surface area contributed by atoms with Crippen LogP contribution in [0.3, 0.4) is 0 Å². The molecule has 2 amide bonds. The van der Waals surface area contributed by atoms with Crippen molar-refractivity contribution in [2.24, 2.45) is 0 Å². The van der Waals surface area contributed by atoms with E-state index in [1.54, 1.807) is 0 Å². The summed E-state index contributed by atoms with van der Waals surface area (Å²) in [5.74, 6) is -1.39. The van der Waals surface area contributed by atoms with E-state index in [0.29, 0.717) is 38.9 Å². The van der Waals surface area contributed by atoms with E-state index < -0.39 is 23.1 Å². The Morgan fingerprint density at radius 2 is 1.48 bits per heavy atom. The van der Waals surface area contributed by atoms with Crippen LogP contribution in [0, 0.1) is 0 Å².